The summed E-state index contributed by atoms with van der Waals surface area (Å²) in [6, 6.07) is 46.9. The van der Waals surface area contributed by atoms with E-state index in [-0.39, 0.29) is 75.1 Å². The van der Waals surface area contributed by atoms with E-state index >= 15 is 0 Å². The van der Waals surface area contributed by atoms with Gasteiger partial charge in [0.25, 0.3) is 0 Å². The van der Waals surface area contributed by atoms with Crippen molar-refractivity contribution in [1.29, 1.82) is 0 Å². The number of nitrogens with one attached hydrogen (secondary N) is 10. The highest BCUT2D eigenvalue weighted by Gasteiger charge is 2.37. The van der Waals surface area contributed by atoms with Gasteiger partial charge in [0.1, 0.15) is 58.2 Å². The lowest BCUT2D eigenvalue weighted by Crippen LogP contribution is -2.09. The van der Waals surface area contributed by atoms with Crippen molar-refractivity contribution in [2.45, 2.75) is 65.0 Å². The zero-order valence-corrected chi connectivity index (χ0v) is 69.6. The second-order valence-corrected chi connectivity index (χ2v) is 29.2. The van der Waals surface area contributed by atoms with Crippen LogP contribution in [0, 0.1) is 40.0 Å². The number of hydrogen-bond donors (Lipinski definition) is 10. The first kappa shape index (κ1) is 86.6. The van der Waals surface area contributed by atoms with Gasteiger partial charge in [-0.25, -0.2) is 54.8 Å². The second kappa shape index (κ2) is 37.2. The summed E-state index contributed by atoms with van der Waals surface area (Å²) in [5, 5.41) is 53.2. The van der Waals surface area contributed by atoms with Crippen LogP contribution in [0.2, 0.25) is 5.02 Å². The highest BCUT2D eigenvalue weighted by molar-refractivity contribution is 6.33. The van der Waals surface area contributed by atoms with E-state index in [1.165, 1.54) is 79.4 Å². The summed E-state index contributed by atoms with van der Waals surface area (Å²) in [5.74, 6) is 11.2. The lowest BCUT2D eigenvalue weighted by atomic mass is 10.1. The Labute approximate surface area is 743 Å². The first-order valence-electron chi connectivity index (χ1n) is 39.7. The Bertz CT molecular complexity index is 7230. The van der Waals surface area contributed by atoms with Gasteiger partial charge in [-0.1, -0.05) is 109 Å². The van der Waals surface area contributed by atoms with Gasteiger partial charge in [0.2, 0.25) is 29.7 Å². The predicted octanol–water partition coefficient (Wildman–Crippen LogP) is 19.2. The third-order valence-electron chi connectivity index (χ3n) is 19.4. The standard InChI is InChI=1S/C19H14N6.C18H14ClN7.3C17H12F3N7/c1-3-13-8-4-5-9-14(13)17-21-16-11-7-6-10-15(16)18(22-17)23-19-20-12(2)24-25-19;19-13-4-2-1-3-11(13)16-21-14-9-20-8-7-12(14)17(22-16)24-18-23-15(25-26-18)10-5-6-10;1-9-22-16(27-26-9)25-15-11-6-4-8-21-13(11)23-14(24-15)10-5-2-3-7-12(10)17(18,19)20;1-9-22-16(27-26-9)25-15-11-8-21-7-6-13(11)23-14(24-15)10-4-2-3-5-12(10)17(18,19)20;1-9-22-16(27-26-9)25-15-11-6-7-21-8-13(11)23-14(24-15)10-4-2-3-5-12(10)17(18,19)20/h1,4-11H,2H3,(H2,20,21,22,23,24,25);1-4,7-10H,5-6H2,(H2,21,22,23,24,25,26);2-8H,1H3,(H2,21,22,23,24,25,26,27);2*2-8H,1H3,(H2,22,23,24,25,26,27). The molecule has 14 aromatic heterocycles. The van der Waals surface area contributed by atoms with Crippen LogP contribution in [0.1, 0.15) is 70.1 Å². The van der Waals surface area contributed by atoms with E-state index in [1.807, 2.05) is 85.8 Å². The molecule has 1 aliphatic carbocycles. The van der Waals surface area contributed by atoms with Crippen LogP contribution >= 0.6 is 11.6 Å². The largest absolute Gasteiger partial charge is 0.417 e. The zero-order chi connectivity index (χ0) is 91.8. The van der Waals surface area contributed by atoms with Gasteiger partial charge in [-0.05, 0) is 125 Å². The number of aryl methyl sites for hydroxylation is 4. The minimum absolute atomic E-state index is 0.0589. The zero-order valence-electron chi connectivity index (χ0n) is 68.9. The Morgan fingerprint density at radius 1 is 0.326 bits per heavy atom. The summed E-state index contributed by atoms with van der Waals surface area (Å²) in [6.45, 7) is 7.02. The summed E-state index contributed by atoms with van der Waals surface area (Å²) in [4.78, 5) is 81.8. The van der Waals surface area contributed by atoms with Gasteiger partial charge in [-0.3, -0.25) is 40.4 Å². The lowest BCUT2D eigenvalue weighted by Gasteiger charge is -2.13. The van der Waals surface area contributed by atoms with Crippen LogP contribution in [-0.2, 0) is 18.5 Å². The molecule has 0 amide bonds. The number of benzene rings is 6. The maximum absolute atomic E-state index is 13.4. The first-order valence-corrected chi connectivity index (χ1v) is 40.0. The highest BCUT2D eigenvalue weighted by Crippen LogP contribution is 2.43. The minimum atomic E-state index is -4.53. The van der Waals surface area contributed by atoms with Crippen LogP contribution in [0.3, 0.4) is 0 Å². The number of aromatic nitrogens is 29. The van der Waals surface area contributed by atoms with Gasteiger partial charge >= 0.3 is 18.5 Å². The molecule has 1 fully saturated rings. The van der Waals surface area contributed by atoms with E-state index in [0.717, 1.165) is 81.2 Å². The Balaban J connectivity index is 0.000000115. The Morgan fingerprint density at radius 3 is 1.13 bits per heavy atom. The molecule has 0 atom stereocenters. The van der Waals surface area contributed by atoms with Crippen molar-refractivity contribution in [2.24, 2.45) is 0 Å². The van der Waals surface area contributed by atoms with E-state index in [2.05, 4.69) is 178 Å². The van der Waals surface area contributed by atoms with Crippen molar-refractivity contribution >= 4 is 125 Å². The summed E-state index contributed by atoms with van der Waals surface area (Å²) in [6.07, 6.45) is 5.31. The molecule has 1 aliphatic rings. The monoisotopic (exact) mass is 1800 g/mol. The van der Waals surface area contributed by atoms with Crippen molar-refractivity contribution in [3.05, 3.63) is 276 Å². The maximum atomic E-state index is 13.4. The smallest absolute Gasteiger partial charge is 0.307 e. The Hall–Kier alpha value is -17.5. The average Bonchev–Trinajstić information content (AvgIpc) is 1.23. The van der Waals surface area contributed by atoms with E-state index in [9.17, 15) is 39.5 Å². The Morgan fingerprint density at radius 2 is 0.674 bits per heavy atom. The van der Waals surface area contributed by atoms with Crippen molar-refractivity contribution in [2.75, 3.05) is 26.6 Å². The molecule has 0 spiro atoms. The Kier molecular flexibility index (Phi) is 24.4. The van der Waals surface area contributed by atoms with E-state index in [0.29, 0.717) is 90.8 Å². The predicted molar refractivity (Wildman–Crippen MR) is 473 cm³/mol. The number of rotatable bonds is 16. The number of para-hydroxylation sites is 1. The summed E-state index contributed by atoms with van der Waals surface area (Å²) >= 11 is 6.32. The third kappa shape index (κ3) is 20.0. The fraction of sp³-hybridized carbons (Fsp3) is 0.114. The molecule has 20 aromatic rings. The fourth-order valence-electron chi connectivity index (χ4n) is 13.3. The van der Waals surface area contributed by atoms with E-state index in [1.54, 1.807) is 63.6 Å². The fourth-order valence-corrected chi connectivity index (χ4v) is 13.5. The molecular formula is C88H64ClF9N34. The molecule has 6 aromatic carbocycles. The molecule has 0 bridgehead atoms. The van der Waals surface area contributed by atoms with Crippen molar-refractivity contribution in [3.63, 3.8) is 0 Å². The number of aromatic amines is 5. The quantitative estimate of drug-likeness (QED) is 0.0317. The van der Waals surface area contributed by atoms with E-state index < -0.39 is 35.2 Å². The molecule has 44 heteroatoms. The van der Waals surface area contributed by atoms with Gasteiger partial charge in [0.15, 0.2) is 34.8 Å². The van der Waals surface area contributed by atoms with Crippen LogP contribution in [0.25, 0.3) is 112 Å². The molecule has 34 nitrogen and oxygen atoms in total. The summed E-state index contributed by atoms with van der Waals surface area (Å²) in [5.41, 5.74) is 2.15. The van der Waals surface area contributed by atoms with Crippen LogP contribution in [-0.4, -0.2) is 146 Å². The molecule has 21 rings (SSSR count). The summed E-state index contributed by atoms with van der Waals surface area (Å²) < 4.78 is 121. The first-order chi connectivity index (χ1) is 63.8. The number of terminal acetylenes is 1. The van der Waals surface area contributed by atoms with Gasteiger partial charge in [-0.2, -0.15) is 64.4 Å². The molecule has 656 valence electrons. The van der Waals surface area contributed by atoms with Crippen molar-refractivity contribution in [3.8, 4) is 69.3 Å². The lowest BCUT2D eigenvalue weighted by molar-refractivity contribution is -0.137. The number of pyridine rings is 4. The number of H-pyrrole nitrogens is 5. The molecule has 0 unspecified atom stereocenters. The number of nitrogens with zero attached hydrogens (tertiary/aromatic N) is 24. The van der Waals surface area contributed by atoms with Crippen LogP contribution < -0.4 is 26.6 Å². The number of halogens is 10. The number of hydrogen-bond acceptors (Lipinski definition) is 29. The molecule has 0 radical (unpaired) electrons. The molecule has 14 heterocycles. The van der Waals surface area contributed by atoms with Crippen LogP contribution in [0.15, 0.2) is 219 Å². The second-order valence-electron chi connectivity index (χ2n) is 28.8. The molecule has 132 heavy (non-hydrogen) atoms. The van der Waals surface area contributed by atoms with Gasteiger partial charge in [0, 0.05) is 86.4 Å². The van der Waals surface area contributed by atoms with E-state index in [4.69, 9.17) is 18.0 Å². The summed E-state index contributed by atoms with van der Waals surface area (Å²) in [7, 11) is 0. The van der Waals surface area contributed by atoms with Gasteiger partial charge in [-0.15, -0.1) is 31.9 Å². The molecule has 1 saturated carbocycles. The highest BCUT2D eigenvalue weighted by atomic mass is 35.5. The van der Waals surface area contributed by atoms with Gasteiger partial charge in [0.05, 0.1) is 66.9 Å². The average molecular weight is 1800 g/mol. The number of fused-ring (bicyclic) bond motifs is 5. The van der Waals surface area contributed by atoms with Gasteiger partial charge < -0.3 is 26.6 Å². The minimum Gasteiger partial charge on any atom is -0.307 e. The third-order valence-corrected chi connectivity index (χ3v) is 19.8. The van der Waals surface area contributed by atoms with Crippen LogP contribution in [0.5, 0.6) is 0 Å². The van der Waals surface area contributed by atoms with Crippen molar-refractivity contribution < 1.29 is 39.5 Å². The molecular weight excluding hydrogens is 1740 g/mol. The van der Waals surface area contributed by atoms with Crippen molar-refractivity contribution in [1.82, 2.24) is 146 Å². The maximum Gasteiger partial charge on any atom is 0.417 e. The number of alkyl halides is 9. The van der Waals surface area contributed by atoms with Crippen LogP contribution in [0.4, 0.5) is 98.3 Å². The SMILES string of the molecule is C#Cc1ccccc1-c1nc(Nc2n[nH]c(C)n2)c2ccccc2n1.Cc1nc(Nc2nc(-c3ccccc3C(F)(F)F)nc3ccncc23)n[nH]1.Cc1nc(Nc2nc(-c3ccccc3C(F)(F)F)nc3cnccc23)n[nH]1.Cc1nc(Nc2nc(-c3ccccc3C(F)(F)F)nc3ncccc23)n[nH]1.Clc1ccccc1-c1nc(Nc2n[nH]c(C3CC3)n2)c2ccncc2n1. The normalized spacial score (nSPS) is 11.9. The molecule has 10 N–H and O–H groups in total. The topological polar surface area (TPSA) is 448 Å². The molecule has 0 aliphatic heterocycles. The number of anilines is 10. The molecule has 0 saturated heterocycles.